The van der Waals surface area contributed by atoms with Gasteiger partial charge in [-0.3, -0.25) is 4.79 Å². The van der Waals surface area contributed by atoms with Crippen LogP contribution in [0.25, 0.3) is 0 Å². The van der Waals surface area contributed by atoms with Crippen molar-refractivity contribution in [3.05, 3.63) is 0 Å². The third-order valence-electron chi connectivity index (χ3n) is 2.01. The highest BCUT2D eigenvalue weighted by Crippen LogP contribution is 2.22. The second-order valence-electron chi connectivity index (χ2n) is 3.34. The van der Waals surface area contributed by atoms with Gasteiger partial charge >= 0.3 is 5.97 Å². The standard InChI is InChI=1S/C10H21NO2S/c1-4-5-6-9(10(12)13-3)14-8(2)7-11/h8-9H,4-7,11H2,1-3H3. The molecule has 0 saturated carbocycles. The first kappa shape index (κ1) is 13.8. The minimum Gasteiger partial charge on any atom is -0.468 e. The number of esters is 1. The maximum atomic E-state index is 11.4. The lowest BCUT2D eigenvalue weighted by atomic mass is 10.2. The third kappa shape index (κ3) is 5.50. The zero-order valence-corrected chi connectivity index (χ0v) is 10.1. The number of hydrogen-bond acceptors (Lipinski definition) is 4. The summed E-state index contributed by atoms with van der Waals surface area (Å²) >= 11 is 1.62. The van der Waals surface area contributed by atoms with Gasteiger partial charge in [0, 0.05) is 11.8 Å². The molecule has 0 saturated heterocycles. The monoisotopic (exact) mass is 219 g/mol. The molecule has 0 aromatic heterocycles. The average Bonchev–Trinajstić information content (AvgIpc) is 2.22. The average molecular weight is 219 g/mol. The summed E-state index contributed by atoms with van der Waals surface area (Å²) in [5.74, 6) is -0.122. The molecule has 0 aromatic carbocycles. The fraction of sp³-hybridized carbons (Fsp3) is 0.900. The van der Waals surface area contributed by atoms with Crippen LogP contribution in [-0.4, -0.2) is 30.1 Å². The van der Waals surface area contributed by atoms with Crippen LogP contribution in [0, 0.1) is 0 Å². The van der Waals surface area contributed by atoms with E-state index in [4.69, 9.17) is 10.5 Å². The molecule has 0 aliphatic heterocycles. The van der Waals surface area contributed by atoms with E-state index in [9.17, 15) is 4.79 Å². The Kier molecular flexibility index (Phi) is 7.99. The quantitative estimate of drug-likeness (QED) is 0.663. The van der Waals surface area contributed by atoms with Crippen molar-refractivity contribution >= 4 is 17.7 Å². The SMILES string of the molecule is CCCCC(SC(C)CN)C(=O)OC. The van der Waals surface area contributed by atoms with Crippen molar-refractivity contribution in [1.82, 2.24) is 0 Å². The first-order chi connectivity index (χ1) is 6.65. The van der Waals surface area contributed by atoms with E-state index in [1.165, 1.54) is 7.11 Å². The fourth-order valence-corrected chi connectivity index (χ4v) is 2.28. The molecule has 3 nitrogen and oxygen atoms in total. The van der Waals surface area contributed by atoms with Gasteiger partial charge < -0.3 is 10.5 Å². The molecule has 0 bridgehead atoms. The van der Waals surface area contributed by atoms with Crippen molar-refractivity contribution in [1.29, 1.82) is 0 Å². The van der Waals surface area contributed by atoms with Crippen molar-refractivity contribution in [3.8, 4) is 0 Å². The topological polar surface area (TPSA) is 52.3 Å². The summed E-state index contributed by atoms with van der Waals surface area (Å²) in [5.41, 5.74) is 5.52. The molecule has 2 unspecified atom stereocenters. The Labute approximate surface area is 90.8 Å². The van der Waals surface area contributed by atoms with E-state index in [-0.39, 0.29) is 11.2 Å². The minimum atomic E-state index is -0.122. The van der Waals surface area contributed by atoms with Crippen LogP contribution in [0.15, 0.2) is 0 Å². The smallest absolute Gasteiger partial charge is 0.318 e. The highest BCUT2D eigenvalue weighted by atomic mass is 32.2. The van der Waals surface area contributed by atoms with Crippen LogP contribution in [0.2, 0.25) is 0 Å². The molecule has 0 aliphatic carbocycles. The molecule has 0 aliphatic rings. The van der Waals surface area contributed by atoms with Crippen LogP contribution in [0.1, 0.15) is 33.1 Å². The Bertz CT molecular complexity index is 164. The lowest BCUT2D eigenvalue weighted by Crippen LogP contribution is -2.24. The minimum absolute atomic E-state index is 0.0431. The van der Waals surface area contributed by atoms with Crippen molar-refractivity contribution < 1.29 is 9.53 Å². The maximum absolute atomic E-state index is 11.4. The summed E-state index contributed by atoms with van der Waals surface area (Å²) in [6, 6.07) is 0. The molecule has 0 heterocycles. The molecule has 0 rings (SSSR count). The zero-order valence-electron chi connectivity index (χ0n) is 9.29. The lowest BCUT2D eigenvalue weighted by molar-refractivity contribution is -0.140. The maximum Gasteiger partial charge on any atom is 0.318 e. The molecule has 4 heteroatoms. The van der Waals surface area contributed by atoms with Gasteiger partial charge in [-0.15, -0.1) is 11.8 Å². The zero-order chi connectivity index (χ0) is 11.0. The van der Waals surface area contributed by atoms with Gasteiger partial charge in [-0.1, -0.05) is 26.7 Å². The number of nitrogens with two attached hydrogens (primary N) is 1. The van der Waals surface area contributed by atoms with Gasteiger partial charge in [0.1, 0.15) is 5.25 Å². The molecule has 0 aromatic rings. The predicted molar refractivity (Wildman–Crippen MR) is 61.4 cm³/mol. The summed E-state index contributed by atoms with van der Waals surface area (Å²) in [4.78, 5) is 11.4. The van der Waals surface area contributed by atoms with Crippen LogP contribution < -0.4 is 5.73 Å². The first-order valence-electron chi connectivity index (χ1n) is 5.09. The summed E-state index contributed by atoms with van der Waals surface area (Å²) < 4.78 is 4.75. The molecular formula is C10H21NO2S. The number of hydrogen-bond donors (Lipinski definition) is 1. The molecule has 2 atom stereocenters. The van der Waals surface area contributed by atoms with Gasteiger partial charge in [0.2, 0.25) is 0 Å². The van der Waals surface area contributed by atoms with Gasteiger partial charge in [-0.25, -0.2) is 0 Å². The molecule has 0 spiro atoms. The molecular weight excluding hydrogens is 198 g/mol. The van der Waals surface area contributed by atoms with Gasteiger partial charge in [0.05, 0.1) is 7.11 Å². The van der Waals surface area contributed by atoms with Crippen molar-refractivity contribution in [2.24, 2.45) is 5.73 Å². The van der Waals surface area contributed by atoms with Gasteiger partial charge in [0.15, 0.2) is 0 Å². The fourth-order valence-electron chi connectivity index (χ4n) is 1.10. The van der Waals surface area contributed by atoms with Gasteiger partial charge in [-0.05, 0) is 6.42 Å². The molecule has 84 valence electrons. The second-order valence-corrected chi connectivity index (χ2v) is 4.98. The largest absolute Gasteiger partial charge is 0.468 e. The van der Waals surface area contributed by atoms with Crippen molar-refractivity contribution in [2.45, 2.75) is 43.6 Å². The van der Waals surface area contributed by atoms with Crippen LogP contribution in [0.5, 0.6) is 0 Å². The number of carbonyl (C=O) groups excluding carboxylic acids is 1. The summed E-state index contributed by atoms with van der Waals surface area (Å²) in [7, 11) is 1.44. The number of unbranched alkanes of at least 4 members (excludes halogenated alkanes) is 1. The Morgan fingerprint density at radius 1 is 1.57 bits per heavy atom. The number of rotatable bonds is 7. The molecule has 0 fully saturated rings. The number of methoxy groups -OCH3 is 1. The van der Waals surface area contributed by atoms with E-state index in [0.717, 1.165) is 19.3 Å². The summed E-state index contributed by atoms with van der Waals surface area (Å²) in [6.07, 6.45) is 3.05. The Morgan fingerprint density at radius 2 is 2.21 bits per heavy atom. The van der Waals surface area contributed by atoms with Gasteiger partial charge in [0.25, 0.3) is 0 Å². The van der Waals surface area contributed by atoms with Gasteiger partial charge in [-0.2, -0.15) is 0 Å². The Morgan fingerprint density at radius 3 is 2.64 bits per heavy atom. The predicted octanol–water partition coefficient (Wildman–Crippen LogP) is 1.80. The highest BCUT2D eigenvalue weighted by molar-refractivity contribution is 8.01. The van der Waals surface area contributed by atoms with E-state index in [0.29, 0.717) is 11.8 Å². The van der Waals surface area contributed by atoms with E-state index in [2.05, 4.69) is 6.92 Å². The normalized spacial score (nSPS) is 14.9. The summed E-state index contributed by atoms with van der Waals surface area (Å²) in [6.45, 7) is 4.75. The van der Waals surface area contributed by atoms with Crippen molar-refractivity contribution in [2.75, 3.05) is 13.7 Å². The van der Waals surface area contributed by atoms with Crippen LogP contribution >= 0.6 is 11.8 Å². The van der Waals surface area contributed by atoms with E-state index in [1.54, 1.807) is 11.8 Å². The number of carbonyl (C=O) groups is 1. The lowest BCUT2D eigenvalue weighted by Gasteiger charge is -2.17. The molecule has 2 N–H and O–H groups in total. The Hall–Kier alpha value is -0.220. The second kappa shape index (κ2) is 8.12. The molecule has 0 amide bonds. The molecule has 0 radical (unpaired) electrons. The van der Waals surface area contributed by atoms with E-state index >= 15 is 0 Å². The highest BCUT2D eigenvalue weighted by Gasteiger charge is 2.21. The van der Waals surface area contributed by atoms with E-state index in [1.807, 2.05) is 6.92 Å². The number of ether oxygens (including phenoxy) is 1. The number of thioether (sulfide) groups is 1. The first-order valence-corrected chi connectivity index (χ1v) is 6.03. The Balaban J connectivity index is 4.03. The summed E-state index contributed by atoms with van der Waals surface area (Å²) in [5, 5.41) is 0.273. The van der Waals surface area contributed by atoms with Crippen molar-refractivity contribution in [3.63, 3.8) is 0 Å². The molecule has 14 heavy (non-hydrogen) atoms. The van der Waals surface area contributed by atoms with Crippen LogP contribution in [0.4, 0.5) is 0 Å². The van der Waals surface area contributed by atoms with Crippen LogP contribution in [-0.2, 0) is 9.53 Å². The third-order valence-corrected chi connectivity index (χ3v) is 3.43. The van der Waals surface area contributed by atoms with Crippen LogP contribution in [0.3, 0.4) is 0 Å². The van der Waals surface area contributed by atoms with E-state index < -0.39 is 0 Å².